The van der Waals surface area contributed by atoms with Crippen LogP contribution in [0.2, 0.25) is 0 Å². The number of ether oxygens (including phenoxy) is 1. The number of rotatable bonds is 13. The average molecular weight is 496 g/mol. The van der Waals surface area contributed by atoms with E-state index in [0.717, 1.165) is 31.2 Å². The second-order valence-corrected chi connectivity index (χ2v) is 10.3. The van der Waals surface area contributed by atoms with Gasteiger partial charge in [0, 0.05) is 19.2 Å². The van der Waals surface area contributed by atoms with E-state index in [1.807, 2.05) is 25.1 Å². The largest absolute Gasteiger partial charge is 0.453 e. The van der Waals surface area contributed by atoms with Gasteiger partial charge in [-0.15, -0.1) is 0 Å². The molecule has 0 aliphatic heterocycles. The van der Waals surface area contributed by atoms with Gasteiger partial charge >= 0.3 is 6.09 Å². The molecular weight excluding hydrogens is 462 g/mol. The molecule has 2 aromatic carbocycles. The molecule has 9 heteroatoms. The summed E-state index contributed by atoms with van der Waals surface area (Å²) in [7, 11) is -2.72. The standard InChI is InChI=1S/C25H33F2N2O4S/c1-4-6-12-34(31,32)24(20-14-21(26)16-22(27)15-20)23(29-25(30)33-3)10-11-28-17-19-9-7-8-18(5-2)13-19/h7-10,13-16,23-24,28H,4-6,11-12,17H2,1-3H3,(H,29,30)/t23-,24?/m0/s1. The molecule has 6 nitrogen and oxygen atoms in total. The van der Waals surface area contributed by atoms with Crippen molar-refractivity contribution in [3.63, 3.8) is 0 Å². The van der Waals surface area contributed by atoms with Gasteiger partial charge in [-0.2, -0.15) is 0 Å². The Balaban J connectivity index is 2.29. The van der Waals surface area contributed by atoms with Crippen LogP contribution in [0.5, 0.6) is 0 Å². The van der Waals surface area contributed by atoms with E-state index in [1.165, 1.54) is 5.56 Å². The second kappa shape index (κ2) is 13.4. The van der Waals surface area contributed by atoms with Crippen molar-refractivity contribution >= 4 is 15.9 Å². The fraction of sp³-hybridized carbons (Fsp3) is 0.440. The maximum atomic E-state index is 14.0. The van der Waals surface area contributed by atoms with E-state index in [0.29, 0.717) is 25.5 Å². The first-order chi connectivity index (χ1) is 16.2. The first-order valence-corrected chi connectivity index (χ1v) is 13.1. The first-order valence-electron chi connectivity index (χ1n) is 11.3. The molecule has 2 atom stereocenters. The molecule has 0 saturated heterocycles. The summed E-state index contributed by atoms with van der Waals surface area (Å²) >= 11 is 0. The van der Waals surface area contributed by atoms with Crippen LogP contribution in [-0.4, -0.2) is 40.0 Å². The Kier molecular flexibility index (Phi) is 10.9. The van der Waals surface area contributed by atoms with Crippen LogP contribution in [0.1, 0.15) is 48.6 Å². The van der Waals surface area contributed by atoms with Crippen molar-refractivity contribution in [3.8, 4) is 0 Å². The number of amides is 1. The molecule has 0 fully saturated rings. The van der Waals surface area contributed by atoms with Gasteiger partial charge in [0.05, 0.1) is 18.9 Å². The lowest BCUT2D eigenvalue weighted by molar-refractivity contribution is 0.167. The molecule has 0 aromatic heterocycles. The molecule has 0 bridgehead atoms. The molecule has 0 spiro atoms. The summed E-state index contributed by atoms with van der Waals surface area (Å²) in [6.07, 6.45) is 2.66. The van der Waals surface area contributed by atoms with Gasteiger partial charge in [-0.05, 0) is 48.1 Å². The number of aryl methyl sites for hydroxylation is 1. The maximum Gasteiger partial charge on any atom is 0.407 e. The van der Waals surface area contributed by atoms with Crippen molar-refractivity contribution < 1.29 is 26.7 Å². The number of hydrogen-bond donors (Lipinski definition) is 2. The zero-order valence-corrected chi connectivity index (χ0v) is 20.6. The van der Waals surface area contributed by atoms with Crippen molar-refractivity contribution in [2.75, 3.05) is 19.4 Å². The van der Waals surface area contributed by atoms with Crippen LogP contribution in [0.15, 0.2) is 42.5 Å². The topological polar surface area (TPSA) is 84.5 Å². The lowest BCUT2D eigenvalue weighted by Crippen LogP contribution is -2.44. The summed E-state index contributed by atoms with van der Waals surface area (Å²) in [4.78, 5) is 12.0. The zero-order valence-electron chi connectivity index (χ0n) is 19.8. The van der Waals surface area contributed by atoms with Crippen molar-refractivity contribution in [1.82, 2.24) is 10.6 Å². The summed E-state index contributed by atoms with van der Waals surface area (Å²) in [6.45, 7) is 4.68. The van der Waals surface area contributed by atoms with E-state index in [2.05, 4.69) is 28.4 Å². The van der Waals surface area contributed by atoms with Gasteiger partial charge in [-0.1, -0.05) is 44.5 Å². The number of carbonyl (C=O) groups excluding carboxylic acids is 1. The molecule has 34 heavy (non-hydrogen) atoms. The van der Waals surface area contributed by atoms with E-state index in [9.17, 15) is 22.0 Å². The van der Waals surface area contributed by atoms with Gasteiger partial charge in [-0.25, -0.2) is 22.0 Å². The highest BCUT2D eigenvalue weighted by Gasteiger charge is 2.36. The molecule has 1 radical (unpaired) electrons. The molecule has 1 unspecified atom stereocenters. The van der Waals surface area contributed by atoms with Gasteiger partial charge in [0.1, 0.15) is 16.9 Å². The average Bonchev–Trinajstić information content (AvgIpc) is 2.79. The molecule has 0 heterocycles. The van der Waals surface area contributed by atoms with E-state index < -0.39 is 38.9 Å². The Labute approximate surface area is 201 Å². The van der Waals surface area contributed by atoms with Gasteiger partial charge in [-0.3, -0.25) is 0 Å². The second-order valence-electron chi connectivity index (χ2n) is 8.05. The van der Waals surface area contributed by atoms with Crippen LogP contribution in [-0.2, 0) is 27.5 Å². The molecule has 1 amide bonds. The Morgan fingerprint density at radius 1 is 1.09 bits per heavy atom. The smallest absolute Gasteiger partial charge is 0.407 e. The Hall–Kier alpha value is -2.52. The van der Waals surface area contributed by atoms with Crippen molar-refractivity contribution in [2.45, 2.75) is 50.9 Å². The Bertz CT molecular complexity index is 1030. The highest BCUT2D eigenvalue weighted by atomic mass is 32.2. The third-order valence-corrected chi connectivity index (χ3v) is 7.62. The SMILES string of the molecule is CCCCS(=O)(=O)C(c1cc(F)cc(F)c1)[C@H]([CH]CNCc1cccc(CC)c1)NC(=O)OC. The fourth-order valence-corrected chi connectivity index (χ4v) is 5.81. The van der Waals surface area contributed by atoms with Crippen LogP contribution in [0.4, 0.5) is 13.6 Å². The van der Waals surface area contributed by atoms with Gasteiger partial charge in [0.15, 0.2) is 9.84 Å². The lowest BCUT2D eigenvalue weighted by Gasteiger charge is -2.28. The number of sulfone groups is 1. The molecule has 0 saturated carbocycles. The Morgan fingerprint density at radius 2 is 1.76 bits per heavy atom. The highest BCUT2D eigenvalue weighted by molar-refractivity contribution is 7.91. The third kappa shape index (κ3) is 8.36. The van der Waals surface area contributed by atoms with E-state index in [1.54, 1.807) is 6.42 Å². The van der Waals surface area contributed by atoms with Crippen LogP contribution >= 0.6 is 0 Å². The van der Waals surface area contributed by atoms with Gasteiger partial charge in [0.25, 0.3) is 0 Å². The summed E-state index contributed by atoms with van der Waals surface area (Å²) in [5, 5.41) is 4.35. The lowest BCUT2D eigenvalue weighted by atomic mass is 10.0. The predicted molar refractivity (Wildman–Crippen MR) is 129 cm³/mol. The molecule has 2 N–H and O–H groups in total. The maximum absolute atomic E-state index is 14.0. The molecule has 0 aliphatic carbocycles. The minimum atomic E-state index is -3.89. The van der Waals surface area contributed by atoms with Crippen LogP contribution in [0.25, 0.3) is 0 Å². The fourth-order valence-electron chi connectivity index (χ4n) is 3.69. The van der Waals surface area contributed by atoms with Gasteiger partial charge < -0.3 is 15.4 Å². The summed E-state index contributed by atoms with van der Waals surface area (Å²) in [6, 6.07) is 9.63. The monoisotopic (exact) mass is 495 g/mol. The minimum Gasteiger partial charge on any atom is -0.453 e. The van der Waals surface area contributed by atoms with Crippen LogP contribution < -0.4 is 10.6 Å². The molecular formula is C25H33F2N2O4S. The van der Waals surface area contributed by atoms with Crippen molar-refractivity contribution in [3.05, 3.63) is 77.2 Å². The van der Waals surface area contributed by atoms with E-state index >= 15 is 0 Å². The van der Waals surface area contributed by atoms with Crippen molar-refractivity contribution in [1.29, 1.82) is 0 Å². The number of nitrogens with one attached hydrogen (secondary N) is 2. The van der Waals surface area contributed by atoms with E-state index in [4.69, 9.17) is 0 Å². The number of benzene rings is 2. The third-order valence-electron chi connectivity index (χ3n) is 5.42. The molecule has 187 valence electrons. The van der Waals surface area contributed by atoms with Crippen molar-refractivity contribution in [2.24, 2.45) is 0 Å². The molecule has 2 rings (SSSR count). The van der Waals surface area contributed by atoms with Crippen LogP contribution in [0, 0.1) is 18.1 Å². The normalized spacial score (nSPS) is 13.3. The number of halogens is 2. The zero-order chi connectivity index (χ0) is 25.1. The molecule has 2 aromatic rings. The summed E-state index contributed by atoms with van der Waals surface area (Å²) in [5.74, 6) is -1.97. The Morgan fingerprint density at radius 3 is 2.38 bits per heavy atom. The highest BCUT2D eigenvalue weighted by Crippen LogP contribution is 2.30. The quantitative estimate of drug-likeness (QED) is 0.400. The van der Waals surface area contributed by atoms with Gasteiger partial charge in [0.2, 0.25) is 0 Å². The predicted octanol–water partition coefficient (Wildman–Crippen LogP) is 4.50. The van der Waals surface area contributed by atoms with Crippen LogP contribution in [0.3, 0.4) is 0 Å². The number of unbranched alkanes of at least 4 members (excludes halogenated alkanes) is 1. The first kappa shape index (κ1) is 27.7. The number of alkyl carbamates (subject to hydrolysis) is 1. The number of carbonyl (C=O) groups is 1. The number of methoxy groups -OCH3 is 1. The van der Waals surface area contributed by atoms with E-state index in [-0.39, 0.29) is 17.9 Å². The minimum absolute atomic E-state index is 0.0677. The number of hydrogen-bond acceptors (Lipinski definition) is 5. The molecule has 0 aliphatic rings. The summed E-state index contributed by atoms with van der Waals surface area (Å²) < 4.78 is 59.2. The summed E-state index contributed by atoms with van der Waals surface area (Å²) in [5.41, 5.74) is 2.19.